The first-order valence-electron chi connectivity index (χ1n) is 10.3. The van der Waals surface area contributed by atoms with Crippen molar-refractivity contribution in [3.05, 3.63) is 29.3 Å². The van der Waals surface area contributed by atoms with Gasteiger partial charge in [-0.05, 0) is 17.7 Å². The molecule has 1 aromatic rings. The molecule has 2 saturated heterocycles. The van der Waals surface area contributed by atoms with Crippen LogP contribution in [0, 0.1) is 0 Å². The summed E-state index contributed by atoms with van der Waals surface area (Å²) < 4.78 is 99.7. The molecule has 2 fully saturated rings. The molecule has 1 atom stereocenters. The van der Waals surface area contributed by atoms with Crippen molar-refractivity contribution in [1.82, 2.24) is 9.80 Å². The molecular weight excluding hydrogens is 463 g/mol. The van der Waals surface area contributed by atoms with E-state index in [-0.39, 0.29) is 26.2 Å². The molecule has 3 rings (SSSR count). The fraction of sp³-hybridized carbons (Fsp3) is 0.650. The van der Waals surface area contributed by atoms with Crippen LogP contribution in [0.5, 0.6) is 0 Å². The molecule has 33 heavy (non-hydrogen) atoms. The average Bonchev–Trinajstić information content (AvgIpc) is 2.77. The number of benzene rings is 1. The van der Waals surface area contributed by atoms with Gasteiger partial charge in [-0.1, -0.05) is 6.07 Å². The van der Waals surface area contributed by atoms with Gasteiger partial charge in [0.25, 0.3) is 0 Å². The van der Waals surface area contributed by atoms with E-state index in [9.17, 15) is 35.5 Å². The van der Waals surface area contributed by atoms with Gasteiger partial charge in [-0.3, -0.25) is 4.90 Å². The lowest BCUT2D eigenvalue weighted by Gasteiger charge is -2.36. The summed E-state index contributed by atoms with van der Waals surface area (Å²) in [6.07, 6.45) is -13.5. The molecule has 1 unspecified atom stereocenters. The van der Waals surface area contributed by atoms with Gasteiger partial charge in [-0.2, -0.15) is 26.3 Å². The Labute approximate surface area is 185 Å². The van der Waals surface area contributed by atoms with E-state index in [1.807, 2.05) is 9.80 Å². The molecular formula is C20H24F7N3O3. The maximum atomic E-state index is 13.2. The summed E-state index contributed by atoms with van der Waals surface area (Å²) in [7, 11) is 0. The predicted molar refractivity (Wildman–Crippen MR) is 104 cm³/mol. The lowest BCUT2D eigenvalue weighted by molar-refractivity contribution is -0.209. The Morgan fingerprint density at radius 3 is 2.18 bits per heavy atom. The number of morpholine rings is 1. The number of amides is 1. The number of piperazine rings is 1. The third-order valence-electron chi connectivity index (χ3n) is 5.54. The molecule has 1 amide bonds. The predicted octanol–water partition coefficient (Wildman–Crippen LogP) is 3.70. The lowest BCUT2D eigenvalue weighted by Crippen LogP contribution is -2.50. The second-order valence-corrected chi connectivity index (χ2v) is 7.77. The van der Waals surface area contributed by atoms with Crippen LogP contribution in [-0.4, -0.2) is 87.3 Å². The van der Waals surface area contributed by atoms with E-state index in [4.69, 9.17) is 4.74 Å². The molecule has 0 aliphatic carbocycles. The first kappa shape index (κ1) is 25.3. The fourth-order valence-electron chi connectivity index (χ4n) is 3.68. The number of nitrogens with zero attached hydrogens (tertiary/aromatic N) is 3. The standard InChI is InChI=1S/C20H24F7N3O3/c21-12-17(20(25,26)27)33-18(31)30-5-3-28(4-6-30)13-14-1-2-15(19(22,23)24)11-16(14)29-7-9-32-10-8-29/h1-2,11,17H,3-10,12-13H2. The molecule has 6 nitrogen and oxygen atoms in total. The maximum Gasteiger partial charge on any atom is 0.428 e. The van der Waals surface area contributed by atoms with Gasteiger partial charge < -0.3 is 19.3 Å². The summed E-state index contributed by atoms with van der Waals surface area (Å²) in [6, 6.07) is 3.55. The van der Waals surface area contributed by atoms with Crippen LogP contribution >= 0.6 is 0 Å². The van der Waals surface area contributed by atoms with Gasteiger partial charge in [0.1, 0.15) is 6.67 Å². The van der Waals surface area contributed by atoms with Gasteiger partial charge in [0.15, 0.2) is 0 Å². The molecule has 0 saturated carbocycles. The highest BCUT2D eigenvalue weighted by Gasteiger charge is 2.44. The summed E-state index contributed by atoms with van der Waals surface area (Å²) >= 11 is 0. The van der Waals surface area contributed by atoms with Gasteiger partial charge >= 0.3 is 18.4 Å². The summed E-state index contributed by atoms with van der Waals surface area (Å²) in [5.41, 5.74) is 0.355. The Balaban J connectivity index is 1.64. The highest BCUT2D eigenvalue weighted by Crippen LogP contribution is 2.34. The minimum atomic E-state index is -5.00. The smallest absolute Gasteiger partial charge is 0.428 e. The number of ether oxygens (including phenoxy) is 2. The Morgan fingerprint density at radius 1 is 1.00 bits per heavy atom. The van der Waals surface area contributed by atoms with E-state index in [2.05, 4.69) is 4.74 Å². The van der Waals surface area contributed by atoms with Crippen LogP contribution in [0.4, 0.5) is 41.2 Å². The van der Waals surface area contributed by atoms with Crippen LogP contribution in [0.1, 0.15) is 11.1 Å². The quantitative estimate of drug-likeness (QED) is 0.593. The number of alkyl halides is 7. The molecule has 2 aliphatic rings. The Bertz CT molecular complexity index is 805. The van der Waals surface area contributed by atoms with Crippen LogP contribution < -0.4 is 4.90 Å². The molecule has 0 radical (unpaired) electrons. The van der Waals surface area contributed by atoms with Crippen molar-refractivity contribution >= 4 is 11.8 Å². The van der Waals surface area contributed by atoms with Crippen molar-refractivity contribution in [2.45, 2.75) is 25.0 Å². The van der Waals surface area contributed by atoms with Crippen molar-refractivity contribution in [3.63, 3.8) is 0 Å². The zero-order valence-electron chi connectivity index (χ0n) is 17.6. The van der Waals surface area contributed by atoms with E-state index in [1.165, 1.54) is 6.07 Å². The van der Waals surface area contributed by atoms with Crippen molar-refractivity contribution in [2.75, 3.05) is 64.1 Å². The third kappa shape index (κ3) is 6.62. The van der Waals surface area contributed by atoms with Crippen molar-refractivity contribution in [3.8, 4) is 0 Å². The molecule has 0 N–H and O–H groups in total. The number of hydrogen-bond acceptors (Lipinski definition) is 5. The molecule has 0 bridgehead atoms. The minimum Gasteiger partial charge on any atom is -0.434 e. The van der Waals surface area contributed by atoms with E-state index < -0.39 is 36.8 Å². The number of hydrogen-bond donors (Lipinski definition) is 0. The molecule has 186 valence electrons. The normalized spacial score (nSPS) is 19.5. The third-order valence-corrected chi connectivity index (χ3v) is 5.54. The molecule has 1 aromatic carbocycles. The summed E-state index contributed by atoms with van der Waals surface area (Å²) in [5.74, 6) is 0. The van der Waals surface area contributed by atoms with E-state index >= 15 is 0 Å². The summed E-state index contributed by atoms with van der Waals surface area (Å²) in [6.45, 7) is 0.744. The highest BCUT2D eigenvalue weighted by atomic mass is 19.4. The van der Waals surface area contributed by atoms with Crippen molar-refractivity contribution < 1.29 is 45.0 Å². The Kier molecular flexibility index (Phi) is 7.93. The molecule has 13 heteroatoms. The number of rotatable bonds is 5. The summed E-state index contributed by atoms with van der Waals surface area (Å²) in [4.78, 5) is 16.7. The van der Waals surface area contributed by atoms with E-state index in [1.54, 1.807) is 0 Å². The van der Waals surface area contributed by atoms with Crippen LogP contribution in [-0.2, 0) is 22.2 Å². The molecule has 2 heterocycles. The van der Waals surface area contributed by atoms with Crippen LogP contribution in [0.25, 0.3) is 0 Å². The van der Waals surface area contributed by atoms with Gasteiger partial charge in [0.05, 0.1) is 18.8 Å². The second-order valence-electron chi connectivity index (χ2n) is 7.77. The van der Waals surface area contributed by atoms with Crippen LogP contribution in [0.15, 0.2) is 18.2 Å². The first-order valence-corrected chi connectivity index (χ1v) is 10.3. The fourth-order valence-corrected chi connectivity index (χ4v) is 3.68. The number of carbonyl (C=O) groups excluding carboxylic acids is 1. The second kappa shape index (κ2) is 10.3. The summed E-state index contributed by atoms with van der Waals surface area (Å²) in [5, 5.41) is 0. The minimum absolute atomic E-state index is 0.0449. The highest BCUT2D eigenvalue weighted by molar-refractivity contribution is 5.68. The SMILES string of the molecule is O=C(OC(CF)C(F)(F)F)N1CCN(Cc2ccc(C(F)(F)F)cc2N2CCOCC2)CC1. The Morgan fingerprint density at radius 2 is 1.64 bits per heavy atom. The van der Waals surface area contributed by atoms with Gasteiger partial charge in [0.2, 0.25) is 6.10 Å². The number of halogens is 7. The van der Waals surface area contributed by atoms with Gasteiger partial charge in [-0.15, -0.1) is 0 Å². The van der Waals surface area contributed by atoms with Gasteiger partial charge in [-0.25, -0.2) is 9.18 Å². The topological polar surface area (TPSA) is 45.2 Å². The van der Waals surface area contributed by atoms with Crippen molar-refractivity contribution in [2.24, 2.45) is 0 Å². The first-order chi connectivity index (χ1) is 15.5. The van der Waals surface area contributed by atoms with Crippen molar-refractivity contribution in [1.29, 1.82) is 0 Å². The van der Waals surface area contributed by atoms with Gasteiger partial charge in [0, 0.05) is 51.5 Å². The average molecular weight is 487 g/mol. The van der Waals surface area contributed by atoms with Crippen LogP contribution in [0.2, 0.25) is 0 Å². The molecule has 0 spiro atoms. The number of carbonyl (C=O) groups is 1. The Hall–Kier alpha value is -2.28. The van der Waals surface area contributed by atoms with E-state index in [0.717, 1.165) is 17.0 Å². The van der Waals surface area contributed by atoms with E-state index in [0.29, 0.717) is 44.1 Å². The molecule has 2 aliphatic heterocycles. The maximum absolute atomic E-state index is 13.2. The largest absolute Gasteiger partial charge is 0.434 e. The number of anilines is 1. The zero-order valence-corrected chi connectivity index (χ0v) is 17.6. The molecule has 0 aromatic heterocycles. The zero-order chi connectivity index (χ0) is 24.2. The lowest BCUT2D eigenvalue weighted by atomic mass is 10.1. The monoisotopic (exact) mass is 487 g/mol. The van der Waals surface area contributed by atoms with Crippen LogP contribution in [0.3, 0.4) is 0 Å².